The molecule has 4 heteroatoms. The predicted octanol–water partition coefficient (Wildman–Crippen LogP) is 3.59. The molecule has 1 aliphatic carbocycles. The highest BCUT2D eigenvalue weighted by atomic mass is 35.5. The second-order valence-corrected chi connectivity index (χ2v) is 6.94. The first-order valence-electron chi connectivity index (χ1n) is 8.55. The van der Waals surface area contributed by atoms with E-state index >= 15 is 0 Å². The van der Waals surface area contributed by atoms with E-state index in [1.165, 1.54) is 24.9 Å². The van der Waals surface area contributed by atoms with E-state index in [4.69, 9.17) is 16.3 Å². The summed E-state index contributed by atoms with van der Waals surface area (Å²) in [6.45, 7) is 8.68. The maximum absolute atomic E-state index is 6.02. The molecule has 3 nitrogen and oxygen atoms in total. The normalized spacial score (nSPS) is 21.8. The smallest absolute Gasteiger partial charge is 0.0593 e. The Kier molecular flexibility index (Phi) is 5.75. The van der Waals surface area contributed by atoms with E-state index in [-0.39, 0.29) is 0 Å². The SMILES string of the molecule is CC(c1ccc(Cl)cc1)N(CCN1CCCOCC1)C1CC1. The number of rotatable bonds is 6. The Labute approximate surface area is 139 Å². The van der Waals surface area contributed by atoms with Gasteiger partial charge in [0, 0.05) is 49.9 Å². The van der Waals surface area contributed by atoms with E-state index in [2.05, 4.69) is 28.9 Å². The maximum Gasteiger partial charge on any atom is 0.0593 e. The van der Waals surface area contributed by atoms with Gasteiger partial charge >= 0.3 is 0 Å². The lowest BCUT2D eigenvalue weighted by Crippen LogP contribution is -2.38. The Morgan fingerprint density at radius 3 is 2.73 bits per heavy atom. The molecule has 0 bridgehead atoms. The van der Waals surface area contributed by atoms with E-state index in [0.717, 1.165) is 50.3 Å². The van der Waals surface area contributed by atoms with Crippen molar-refractivity contribution in [3.63, 3.8) is 0 Å². The van der Waals surface area contributed by atoms with Crippen LogP contribution in [0.15, 0.2) is 24.3 Å². The Bertz CT molecular complexity index is 453. The maximum atomic E-state index is 6.02. The summed E-state index contributed by atoms with van der Waals surface area (Å²) in [6, 6.07) is 9.58. The van der Waals surface area contributed by atoms with Crippen LogP contribution in [0.4, 0.5) is 0 Å². The number of benzene rings is 1. The number of halogens is 1. The molecule has 1 aromatic rings. The third-order valence-electron chi connectivity index (χ3n) is 4.86. The quantitative estimate of drug-likeness (QED) is 0.796. The molecule has 1 aromatic carbocycles. The van der Waals surface area contributed by atoms with E-state index in [1.807, 2.05) is 12.1 Å². The van der Waals surface area contributed by atoms with Gasteiger partial charge < -0.3 is 4.74 Å². The van der Waals surface area contributed by atoms with Gasteiger partial charge in [0.25, 0.3) is 0 Å². The highest BCUT2D eigenvalue weighted by Crippen LogP contribution is 2.34. The molecule has 0 N–H and O–H groups in total. The number of hydrogen-bond donors (Lipinski definition) is 0. The van der Waals surface area contributed by atoms with Gasteiger partial charge in [0.2, 0.25) is 0 Å². The first-order valence-corrected chi connectivity index (χ1v) is 8.93. The molecule has 0 amide bonds. The van der Waals surface area contributed by atoms with Crippen LogP contribution in [0, 0.1) is 0 Å². The molecule has 1 saturated heterocycles. The van der Waals surface area contributed by atoms with E-state index in [1.54, 1.807) is 0 Å². The molecule has 0 aromatic heterocycles. The molecular weight excluding hydrogens is 296 g/mol. The van der Waals surface area contributed by atoms with Crippen molar-refractivity contribution >= 4 is 11.6 Å². The number of nitrogens with zero attached hydrogens (tertiary/aromatic N) is 2. The third-order valence-corrected chi connectivity index (χ3v) is 5.11. The average molecular weight is 323 g/mol. The highest BCUT2D eigenvalue weighted by Gasteiger charge is 2.32. The van der Waals surface area contributed by atoms with Crippen molar-refractivity contribution in [1.82, 2.24) is 9.80 Å². The molecule has 1 aliphatic heterocycles. The Hall–Kier alpha value is -0.610. The lowest BCUT2D eigenvalue weighted by Gasteiger charge is -2.32. The van der Waals surface area contributed by atoms with Crippen LogP contribution in [-0.4, -0.2) is 55.2 Å². The molecule has 2 fully saturated rings. The topological polar surface area (TPSA) is 15.7 Å². The molecule has 2 aliphatic rings. The zero-order valence-corrected chi connectivity index (χ0v) is 14.3. The summed E-state index contributed by atoms with van der Waals surface area (Å²) in [5.41, 5.74) is 1.37. The lowest BCUT2D eigenvalue weighted by molar-refractivity contribution is 0.132. The van der Waals surface area contributed by atoms with Crippen LogP contribution in [0.5, 0.6) is 0 Å². The van der Waals surface area contributed by atoms with Crippen molar-refractivity contribution < 1.29 is 4.74 Å². The predicted molar refractivity (Wildman–Crippen MR) is 91.5 cm³/mol. The summed E-state index contributed by atoms with van der Waals surface area (Å²) in [6.07, 6.45) is 3.86. The summed E-state index contributed by atoms with van der Waals surface area (Å²) >= 11 is 6.02. The van der Waals surface area contributed by atoms with E-state index in [9.17, 15) is 0 Å². The van der Waals surface area contributed by atoms with Gasteiger partial charge in [-0.25, -0.2) is 0 Å². The van der Waals surface area contributed by atoms with Crippen molar-refractivity contribution in [1.29, 1.82) is 0 Å². The molecule has 0 spiro atoms. The van der Waals surface area contributed by atoms with Gasteiger partial charge in [0.15, 0.2) is 0 Å². The fraction of sp³-hybridized carbons (Fsp3) is 0.667. The largest absolute Gasteiger partial charge is 0.380 e. The number of ether oxygens (including phenoxy) is 1. The summed E-state index contributed by atoms with van der Waals surface area (Å²) in [5.74, 6) is 0. The number of hydrogen-bond acceptors (Lipinski definition) is 3. The molecule has 22 heavy (non-hydrogen) atoms. The minimum absolute atomic E-state index is 0.466. The second-order valence-electron chi connectivity index (χ2n) is 6.50. The molecule has 3 rings (SSSR count). The van der Waals surface area contributed by atoms with E-state index in [0.29, 0.717) is 6.04 Å². The molecule has 122 valence electrons. The van der Waals surface area contributed by atoms with Crippen LogP contribution in [0.2, 0.25) is 5.02 Å². The first kappa shape index (κ1) is 16.3. The molecule has 1 unspecified atom stereocenters. The van der Waals surface area contributed by atoms with Gasteiger partial charge in [-0.2, -0.15) is 0 Å². The van der Waals surface area contributed by atoms with Crippen molar-refractivity contribution in [2.24, 2.45) is 0 Å². The fourth-order valence-electron chi connectivity index (χ4n) is 3.31. The Morgan fingerprint density at radius 1 is 1.23 bits per heavy atom. The molecule has 0 radical (unpaired) electrons. The van der Waals surface area contributed by atoms with Crippen LogP contribution in [0.25, 0.3) is 0 Å². The van der Waals surface area contributed by atoms with Crippen molar-refractivity contribution in [2.45, 2.75) is 38.3 Å². The van der Waals surface area contributed by atoms with Gasteiger partial charge in [-0.1, -0.05) is 23.7 Å². The van der Waals surface area contributed by atoms with Gasteiger partial charge in [-0.3, -0.25) is 9.80 Å². The van der Waals surface area contributed by atoms with Crippen molar-refractivity contribution in [3.05, 3.63) is 34.9 Å². The van der Waals surface area contributed by atoms with Crippen molar-refractivity contribution in [3.8, 4) is 0 Å². The standard InChI is InChI=1S/C18H27ClN2O/c1-15(16-3-5-17(19)6-4-16)21(18-7-8-18)11-10-20-9-2-13-22-14-12-20/h3-6,15,18H,2,7-14H2,1H3. The van der Waals surface area contributed by atoms with Crippen LogP contribution >= 0.6 is 11.6 Å². The van der Waals surface area contributed by atoms with Gasteiger partial charge in [0.1, 0.15) is 0 Å². The average Bonchev–Trinajstić information content (AvgIpc) is 3.35. The summed E-state index contributed by atoms with van der Waals surface area (Å²) in [7, 11) is 0. The van der Waals surface area contributed by atoms with Gasteiger partial charge in [-0.15, -0.1) is 0 Å². The first-order chi connectivity index (χ1) is 10.7. The second kappa shape index (κ2) is 7.78. The monoisotopic (exact) mass is 322 g/mol. The molecule has 1 saturated carbocycles. The molecule has 1 atom stereocenters. The van der Waals surface area contributed by atoms with Gasteiger partial charge in [0.05, 0.1) is 6.61 Å². The Balaban J connectivity index is 1.58. The lowest BCUT2D eigenvalue weighted by atomic mass is 10.1. The van der Waals surface area contributed by atoms with Gasteiger partial charge in [-0.05, 0) is 43.9 Å². The zero-order chi connectivity index (χ0) is 15.4. The van der Waals surface area contributed by atoms with Crippen molar-refractivity contribution in [2.75, 3.05) is 39.4 Å². The minimum Gasteiger partial charge on any atom is -0.380 e. The highest BCUT2D eigenvalue weighted by molar-refractivity contribution is 6.30. The summed E-state index contributed by atoms with van der Waals surface area (Å²) < 4.78 is 5.55. The zero-order valence-electron chi connectivity index (χ0n) is 13.5. The fourth-order valence-corrected chi connectivity index (χ4v) is 3.44. The van der Waals surface area contributed by atoms with Crippen LogP contribution in [0.3, 0.4) is 0 Å². The van der Waals surface area contributed by atoms with E-state index < -0.39 is 0 Å². The minimum atomic E-state index is 0.466. The molecule has 1 heterocycles. The molecular formula is C18H27ClN2O. The van der Waals surface area contributed by atoms with Crippen LogP contribution in [0.1, 0.15) is 37.8 Å². The van der Waals surface area contributed by atoms with Crippen LogP contribution in [-0.2, 0) is 4.74 Å². The summed E-state index contributed by atoms with van der Waals surface area (Å²) in [4.78, 5) is 5.23. The third kappa shape index (κ3) is 4.45. The van der Waals surface area contributed by atoms with Crippen LogP contribution < -0.4 is 0 Å². The Morgan fingerprint density at radius 2 is 2.00 bits per heavy atom. The summed E-state index contributed by atoms with van der Waals surface area (Å²) in [5, 5.41) is 0.818.